The van der Waals surface area contributed by atoms with E-state index in [1.165, 1.54) is 25.7 Å². The summed E-state index contributed by atoms with van der Waals surface area (Å²) in [6.45, 7) is 1.99. The molecule has 2 aliphatic carbocycles. The van der Waals surface area contributed by atoms with Gasteiger partial charge in [-0.05, 0) is 44.1 Å². The number of carbonyl (C=O) groups excluding carboxylic acids is 1. The lowest BCUT2D eigenvalue weighted by molar-refractivity contribution is 0.0906. The highest BCUT2D eigenvalue weighted by molar-refractivity contribution is 7.09. The zero-order valence-electron chi connectivity index (χ0n) is 13.5. The van der Waals surface area contributed by atoms with Crippen molar-refractivity contribution in [3.8, 4) is 11.3 Å². The zero-order chi connectivity index (χ0) is 15.8. The molecule has 1 amide bonds. The van der Waals surface area contributed by atoms with Gasteiger partial charge < -0.3 is 10.3 Å². The van der Waals surface area contributed by atoms with Crippen LogP contribution >= 0.6 is 11.3 Å². The summed E-state index contributed by atoms with van der Waals surface area (Å²) in [7, 11) is 0. The fourth-order valence-electron chi connectivity index (χ4n) is 4.27. The van der Waals surface area contributed by atoms with Gasteiger partial charge in [-0.3, -0.25) is 4.79 Å². The number of carbonyl (C=O) groups is 1. The molecule has 2 aliphatic rings. The van der Waals surface area contributed by atoms with Crippen molar-refractivity contribution in [2.24, 2.45) is 11.8 Å². The van der Waals surface area contributed by atoms with Crippen molar-refractivity contribution in [1.29, 1.82) is 0 Å². The molecular weight excluding hydrogens is 306 g/mol. The minimum absolute atomic E-state index is 0.0182. The Kier molecular flexibility index (Phi) is 3.97. The summed E-state index contributed by atoms with van der Waals surface area (Å²) < 4.78 is 0. The summed E-state index contributed by atoms with van der Waals surface area (Å²) in [5, 5.41) is 6.30. The van der Waals surface area contributed by atoms with Crippen LogP contribution < -0.4 is 5.32 Å². The van der Waals surface area contributed by atoms with Crippen molar-refractivity contribution in [3.63, 3.8) is 0 Å². The first-order valence-electron chi connectivity index (χ1n) is 8.61. The second-order valence-corrected chi connectivity index (χ2v) is 8.05. The van der Waals surface area contributed by atoms with E-state index in [1.807, 2.05) is 24.6 Å². The van der Waals surface area contributed by atoms with Gasteiger partial charge in [-0.25, -0.2) is 4.98 Å². The van der Waals surface area contributed by atoms with E-state index < -0.39 is 0 Å². The number of nitrogens with one attached hydrogen (secondary N) is 2. The van der Waals surface area contributed by atoms with E-state index in [9.17, 15) is 4.79 Å². The standard InChI is InChI=1S/C18H23N3OS/c1-11-20-17(10-23-11)14-8-16(19-9-14)18(22)21-15-6-5-12-3-2-4-13(12)7-15/h8-10,12-13,15,19H,2-7H2,1H3,(H,21,22)/t12-,13+,15-/m1/s1. The van der Waals surface area contributed by atoms with Crippen LogP contribution in [0, 0.1) is 18.8 Å². The number of aromatic amines is 1. The van der Waals surface area contributed by atoms with Crippen LogP contribution in [0.15, 0.2) is 17.6 Å². The Bertz CT molecular complexity index is 705. The molecule has 2 heterocycles. The van der Waals surface area contributed by atoms with E-state index in [1.54, 1.807) is 11.3 Å². The largest absolute Gasteiger partial charge is 0.357 e. The van der Waals surface area contributed by atoms with Gasteiger partial charge in [-0.15, -0.1) is 11.3 Å². The molecule has 122 valence electrons. The molecule has 23 heavy (non-hydrogen) atoms. The van der Waals surface area contributed by atoms with E-state index in [-0.39, 0.29) is 5.91 Å². The number of rotatable bonds is 3. The number of nitrogens with zero attached hydrogens (tertiary/aromatic N) is 1. The van der Waals surface area contributed by atoms with Crippen molar-refractivity contribution in [1.82, 2.24) is 15.3 Å². The predicted molar refractivity (Wildman–Crippen MR) is 92.6 cm³/mol. The van der Waals surface area contributed by atoms with Crippen LogP contribution in [-0.2, 0) is 0 Å². The molecule has 4 nitrogen and oxygen atoms in total. The first-order valence-corrected chi connectivity index (χ1v) is 9.49. The lowest BCUT2D eigenvalue weighted by Gasteiger charge is -2.32. The van der Waals surface area contributed by atoms with Gasteiger partial charge >= 0.3 is 0 Å². The molecule has 0 saturated heterocycles. The number of amides is 1. The first-order chi connectivity index (χ1) is 11.2. The van der Waals surface area contributed by atoms with Crippen molar-refractivity contribution in [3.05, 3.63) is 28.3 Å². The third-order valence-corrected chi connectivity index (χ3v) is 6.24. The molecule has 2 fully saturated rings. The highest BCUT2D eigenvalue weighted by Crippen LogP contribution is 2.42. The molecule has 0 bridgehead atoms. The number of fused-ring (bicyclic) bond motifs is 1. The normalized spacial score (nSPS) is 26.9. The maximum atomic E-state index is 12.5. The molecule has 0 radical (unpaired) electrons. The minimum Gasteiger partial charge on any atom is -0.357 e. The summed E-state index contributed by atoms with van der Waals surface area (Å²) in [6, 6.07) is 2.25. The van der Waals surface area contributed by atoms with Gasteiger partial charge in [0.15, 0.2) is 0 Å². The molecule has 2 saturated carbocycles. The van der Waals surface area contributed by atoms with Crippen molar-refractivity contribution in [2.45, 2.75) is 51.5 Å². The topological polar surface area (TPSA) is 57.8 Å². The predicted octanol–water partition coefficient (Wildman–Crippen LogP) is 4.15. The van der Waals surface area contributed by atoms with Gasteiger partial charge in [-0.2, -0.15) is 0 Å². The third kappa shape index (κ3) is 3.07. The summed E-state index contributed by atoms with van der Waals surface area (Å²) in [4.78, 5) is 20.1. The number of hydrogen-bond acceptors (Lipinski definition) is 3. The molecular formula is C18H23N3OS. The molecule has 2 aromatic rings. The van der Waals surface area contributed by atoms with Gasteiger partial charge in [0.25, 0.3) is 5.91 Å². The number of thiazole rings is 1. The van der Waals surface area contributed by atoms with Gasteiger partial charge in [0.2, 0.25) is 0 Å². The Balaban J connectivity index is 1.40. The van der Waals surface area contributed by atoms with E-state index in [4.69, 9.17) is 0 Å². The lowest BCUT2D eigenvalue weighted by atomic mass is 9.79. The highest BCUT2D eigenvalue weighted by atomic mass is 32.1. The van der Waals surface area contributed by atoms with E-state index in [2.05, 4.69) is 15.3 Å². The Labute approximate surface area is 140 Å². The second kappa shape index (κ2) is 6.11. The number of aryl methyl sites for hydroxylation is 1. The smallest absolute Gasteiger partial charge is 0.267 e. The summed E-state index contributed by atoms with van der Waals surface area (Å²) in [5.41, 5.74) is 2.56. The minimum atomic E-state index is 0.0182. The molecule has 0 aromatic carbocycles. The fourth-order valence-corrected chi connectivity index (χ4v) is 4.89. The monoisotopic (exact) mass is 329 g/mol. The molecule has 2 N–H and O–H groups in total. The second-order valence-electron chi connectivity index (χ2n) is 6.99. The Hall–Kier alpha value is -1.62. The maximum absolute atomic E-state index is 12.5. The summed E-state index contributed by atoms with van der Waals surface area (Å²) in [6.07, 6.45) is 9.58. The molecule has 5 heteroatoms. The van der Waals surface area contributed by atoms with E-state index in [0.717, 1.165) is 40.9 Å². The fraction of sp³-hybridized carbons (Fsp3) is 0.556. The first kappa shape index (κ1) is 14.9. The SMILES string of the molecule is Cc1nc(-c2c[nH]c(C(=O)N[C@@H]3CC[C@H]4CCC[C@H]4C3)c2)cs1. The van der Waals surface area contributed by atoms with Crippen LogP contribution in [0.25, 0.3) is 11.3 Å². The molecule has 0 aliphatic heterocycles. The van der Waals surface area contributed by atoms with Crippen molar-refractivity contribution < 1.29 is 4.79 Å². The Morgan fingerprint density at radius 2 is 2.17 bits per heavy atom. The molecule has 0 spiro atoms. The van der Waals surface area contributed by atoms with Crippen LogP contribution in [0.2, 0.25) is 0 Å². The molecule has 4 rings (SSSR count). The molecule has 3 atom stereocenters. The summed E-state index contributed by atoms with van der Waals surface area (Å²) in [5.74, 6) is 1.78. The summed E-state index contributed by atoms with van der Waals surface area (Å²) >= 11 is 1.63. The van der Waals surface area contributed by atoms with E-state index >= 15 is 0 Å². The quantitative estimate of drug-likeness (QED) is 0.889. The van der Waals surface area contributed by atoms with Crippen LogP contribution in [0.5, 0.6) is 0 Å². The highest BCUT2D eigenvalue weighted by Gasteiger charge is 2.34. The number of H-pyrrole nitrogens is 1. The average molecular weight is 329 g/mol. The van der Waals surface area contributed by atoms with Crippen molar-refractivity contribution in [2.75, 3.05) is 0 Å². The van der Waals surface area contributed by atoms with Gasteiger partial charge in [-0.1, -0.05) is 19.3 Å². The van der Waals surface area contributed by atoms with Crippen LogP contribution in [0.1, 0.15) is 54.0 Å². The van der Waals surface area contributed by atoms with Crippen LogP contribution in [0.4, 0.5) is 0 Å². The Morgan fingerprint density at radius 1 is 1.30 bits per heavy atom. The zero-order valence-corrected chi connectivity index (χ0v) is 14.3. The molecule has 0 unspecified atom stereocenters. The lowest BCUT2D eigenvalue weighted by Crippen LogP contribution is -2.39. The van der Waals surface area contributed by atoms with Crippen LogP contribution in [-0.4, -0.2) is 21.9 Å². The van der Waals surface area contributed by atoms with Crippen LogP contribution in [0.3, 0.4) is 0 Å². The van der Waals surface area contributed by atoms with E-state index in [0.29, 0.717) is 11.7 Å². The van der Waals surface area contributed by atoms with Gasteiger partial charge in [0.1, 0.15) is 5.69 Å². The number of aromatic nitrogens is 2. The third-order valence-electron chi connectivity index (χ3n) is 5.47. The maximum Gasteiger partial charge on any atom is 0.267 e. The molecule has 2 aromatic heterocycles. The Morgan fingerprint density at radius 3 is 3.00 bits per heavy atom. The van der Waals surface area contributed by atoms with Gasteiger partial charge in [0.05, 0.1) is 10.7 Å². The average Bonchev–Trinajstić information content (AvgIpc) is 3.26. The van der Waals surface area contributed by atoms with Gasteiger partial charge in [0, 0.05) is 23.2 Å². The van der Waals surface area contributed by atoms with Crippen molar-refractivity contribution >= 4 is 17.2 Å². The number of hydrogen-bond donors (Lipinski definition) is 2.